The second kappa shape index (κ2) is 7.83. The summed E-state index contributed by atoms with van der Waals surface area (Å²) in [7, 11) is 0. The molecule has 6 heteroatoms. The van der Waals surface area contributed by atoms with Crippen LogP contribution in [0.2, 0.25) is 0 Å². The molecule has 26 heavy (non-hydrogen) atoms. The van der Waals surface area contributed by atoms with Crippen LogP contribution in [0.3, 0.4) is 0 Å². The number of carbonyl (C=O) groups is 1. The number of hydrogen-bond donors (Lipinski definition) is 2. The monoisotopic (exact) mass is 353 g/mol. The second-order valence-electron chi connectivity index (χ2n) is 7.08. The second-order valence-corrected chi connectivity index (χ2v) is 7.08. The molecule has 1 aromatic heterocycles. The van der Waals surface area contributed by atoms with E-state index in [0.717, 1.165) is 35.7 Å². The van der Waals surface area contributed by atoms with Gasteiger partial charge in [0.05, 0.1) is 23.6 Å². The number of rotatable bonds is 4. The van der Waals surface area contributed by atoms with Crippen LogP contribution in [0.25, 0.3) is 11.4 Å². The van der Waals surface area contributed by atoms with Gasteiger partial charge < -0.3 is 15.5 Å². The van der Waals surface area contributed by atoms with Gasteiger partial charge in [0.1, 0.15) is 0 Å². The van der Waals surface area contributed by atoms with Crippen molar-refractivity contribution >= 4 is 11.6 Å². The molecule has 2 atom stereocenters. The molecular formula is C20H27N5O. The van der Waals surface area contributed by atoms with Crippen molar-refractivity contribution in [1.29, 1.82) is 0 Å². The van der Waals surface area contributed by atoms with E-state index in [1.807, 2.05) is 49.1 Å². The van der Waals surface area contributed by atoms with Gasteiger partial charge in [-0.2, -0.15) is 0 Å². The Hall–Kier alpha value is -2.47. The van der Waals surface area contributed by atoms with Gasteiger partial charge in [-0.25, -0.2) is 9.97 Å². The summed E-state index contributed by atoms with van der Waals surface area (Å²) in [6, 6.07) is 10.6. The zero-order valence-corrected chi connectivity index (χ0v) is 15.9. The van der Waals surface area contributed by atoms with Gasteiger partial charge in [0.2, 0.25) is 5.91 Å². The van der Waals surface area contributed by atoms with Crippen LogP contribution < -0.4 is 10.6 Å². The Balaban J connectivity index is 1.69. The summed E-state index contributed by atoms with van der Waals surface area (Å²) >= 11 is 0. The van der Waals surface area contributed by atoms with E-state index in [9.17, 15) is 4.79 Å². The molecule has 6 nitrogen and oxygen atoms in total. The molecule has 1 aliphatic heterocycles. The van der Waals surface area contributed by atoms with Crippen LogP contribution in [-0.4, -0.2) is 52.5 Å². The minimum atomic E-state index is 0.108. The smallest absolute Gasteiger partial charge is 0.241 e. The number of amides is 1. The van der Waals surface area contributed by atoms with Crippen molar-refractivity contribution in [3.05, 3.63) is 41.7 Å². The summed E-state index contributed by atoms with van der Waals surface area (Å²) in [5.41, 5.74) is 3.54. The Bertz CT molecular complexity index is 744. The predicted molar refractivity (Wildman–Crippen MR) is 104 cm³/mol. The summed E-state index contributed by atoms with van der Waals surface area (Å²) in [5, 5.41) is 6.69. The third kappa shape index (κ3) is 4.19. The maximum Gasteiger partial charge on any atom is 0.241 e. The van der Waals surface area contributed by atoms with Crippen LogP contribution in [0.1, 0.15) is 25.2 Å². The Morgan fingerprint density at radius 3 is 2.27 bits per heavy atom. The number of benzene rings is 1. The fourth-order valence-electron chi connectivity index (χ4n) is 3.49. The normalized spacial score (nSPS) is 20.1. The average Bonchev–Trinajstić information content (AvgIpc) is 2.60. The standard InChI is InChI=1S/C20H27N5O/c1-13-11-25(12-14(2)22-13)18(26)10-21-19-15(3)23-20(24-16(19)4)17-8-6-5-7-9-17/h5-9,13-14,21-22H,10-12H2,1-4H3. The first-order valence-corrected chi connectivity index (χ1v) is 9.12. The van der Waals surface area contributed by atoms with Crippen molar-refractivity contribution in [2.75, 3.05) is 25.0 Å². The van der Waals surface area contributed by atoms with E-state index in [-0.39, 0.29) is 12.5 Å². The molecule has 0 spiro atoms. The molecule has 1 fully saturated rings. The van der Waals surface area contributed by atoms with Gasteiger partial charge in [-0.3, -0.25) is 4.79 Å². The van der Waals surface area contributed by atoms with Gasteiger partial charge in [0.25, 0.3) is 0 Å². The first kappa shape index (κ1) is 18.3. The van der Waals surface area contributed by atoms with Crippen LogP contribution in [-0.2, 0) is 4.79 Å². The molecular weight excluding hydrogens is 326 g/mol. The lowest BCUT2D eigenvalue weighted by atomic mass is 10.1. The van der Waals surface area contributed by atoms with E-state index in [1.165, 1.54) is 0 Å². The van der Waals surface area contributed by atoms with Gasteiger partial charge in [0, 0.05) is 30.7 Å². The average molecular weight is 353 g/mol. The van der Waals surface area contributed by atoms with E-state index >= 15 is 0 Å². The van der Waals surface area contributed by atoms with Crippen molar-refractivity contribution in [2.45, 2.75) is 39.8 Å². The highest BCUT2D eigenvalue weighted by atomic mass is 16.2. The quantitative estimate of drug-likeness (QED) is 0.883. The first-order chi connectivity index (χ1) is 12.4. The van der Waals surface area contributed by atoms with Gasteiger partial charge in [-0.05, 0) is 27.7 Å². The van der Waals surface area contributed by atoms with Crippen molar-refractivity contribution in [3.63, 3.8) is 0 Å². The third-order valence-corrected chi connectivity index (χ3v) is 4.63. The Kier molecular flexibility index (Phi) is 5.52. The topological polar surface area (TPSA) is 70.2 Å². The van der Waals surface area contributed by atoms with Crippen molar-refractivity contribution in [3.8, 4) is 11.4 Å². The van der Waals surface area contributed by atoms with Gasteiger partial charge in [0.15, 0.2) is 5.82 Å². The highest BCUT2D eigenvalue weighted by molar-refractivity contribution is 5.81. The number of aromatic nitrogens is 2. The summed E-state index contributed by atoms with van der Waals surface area (Å²) in [5.74, 6) is 0.818. The van der Waals surface area contributed by atoms with Crippen LogP contribution in [0.5, 0.6) is 0 Å². The lowest BCUT2D eigenvalue weighted by Gasteiger charge is -2.36. The van der Waals surface area contributed by atoms with Crippen LogP contribution >= 0.6 is 0 Å². The maximum absolute atomic E-state index is 12.6. The fraction of sp³-hybridized carbons (Fsp3) is 0.450. The van der Waals surface area contributed by atoms with Gasteiger partial charge >= 0.3 is 0 Å². The molecule has 1 aromatic carbocycles. The number of aryl methyl sites for hydroxylation is 2. The number of nitrogens with one attached hydrogen (secondary N) is 2. The largest absolute Gasteiger partial charge is 0.373 e. The summed E-state index contributed by atoms with van der Waals surface area (Å²) in [6.45, 7) is 9.85. The molecule has 2 heterocycles. The number of anilines is 1. The molecule has 1 saturated heterocycles. The van der Waals surface area contributed by atoms with Crippen LogP contribution in [0.15, 0.2) is 30.3 Å². The number of hydrogen-bond acceptors (Lipinski definition) is 5. The molecule has 138 valence electrons. The van der Waals surface area contributed by atoms with Crippen molar-refractivity contribution in [1.82, 2.24) is 20.2 Å². The molecule has 0 bridgehead atoms. The Morgan fingerprint density at radius 1 is 1.12 bits per heavy atom. The van der Waals surface area contributed by atoms with Gasteiger partial charge in [-0.15, -0.1) is 0 Å². The summed E-state index contributed by atoms with van der Waals surface area (Å²) in [6.07, 6.45) is 0. The minimum Gasteiger partial charge on any atom is -0.373 e. The highest BCUT2D eigenvalue weighted by Crippen LogP contribution is 2.22. The molecule has 0 aliphatic carbocycles. The maximum atomic E-state index is 12.6. The van der Waals surface area contributed by atoms with Crippen LogP contribution in [0, 0.1) is 13.8 Å². The lowest BCUT2D eigenvalue weighted by molar-refractivity contribution is -0.131. The molecule has 2 unspecified atom stereocenters. The molecule has 1 amide bonds. The summed E-state index contributed by atoms with van der Waals surface area (Å²) < 4.78 is 0. The molecule has 3 rings (SSSR count). The molecule has 2 N–H and O–H groups in total. The SMILES string of the molecule is Cc1nc(-c2ccccc2)nc(C)c1NCC(=O)N1CC(C)NC(C)C1. The number of carbonyl (C=O) groups excluding carboxylic acids is 1. The van der Waals surface area contributed by atoms with Gasteiger partial charge in [-0.1, -0.05) is 30.3 Å². The Labute approximate surface area is 155 Å². The van der Waals surface area contributed by atoms with Crippen molar-refractivity contribution in [2.24, 2.45) is 0 Å². The zero-order valence-electron chi connectivity index (χ0n) is 15.9. The Morgan fingerprint density at radius 2 is 1.69 bits per heavy atom. The molecule has 1 aliphatic rings. The highest BCUT2D eigenvalue weighted by Gasteiger charge is 2.24. The van der Waals surface area contributed by atoms with E-state index in [2.05, 4.69) is 34.4 Å². The van der Waals surface area contributed by atoms with Crippen molar-refractivity contribution < 1.29 is 4.79 Å². The molecule has 0 saturated carbocycles. The van der Waals surface area contributed by atoms with E-state index < -0.39 is 0 Å². The summed E-state index contributed by atoms with van der Waals surface area (Å²) in [4.78, 5) is 23.7. The van der Waals surface area contributed by atoms with E-state index in [1.54, 1.807) is 0 Å². The molecule has 2 aromatic rings. The fourth-order valence-corrected chi connectivity index (χ4v) is 3.49. The zero-order chi connectivity index (χ0) is 18.7. The van der Waals surface area contributed by atoms with E-state index in [0.29, 0.717) is 17.9 Å². The number of nitrogens with zero attached hydrogens (tertiary/aromatic N) is 3. The third-order valence-electron chi connectivity index (χ3n) is 4.63. The molecule has 0 radical (unpaired) electrons. The number of piperazine rings is 1. The van der Waals surface area contributed by atoms with E-state index in [4.69, 9.17) is 0 Å². The predicted octanol–water partition coefficient (Wildman–Crippen LogP) is 2.38. The first-order valence-electron chi connectivity index (χ1n) is 9.12. The minimum absolute atomic E-state index is 0.108. The van der Waals surface area contributed by atoms with Crippen LogP contribution in [0.4, 0.5) is 5.69 Å². The lowest BCUT2D eigenvalue weighted by Crippen LogP contribution is -2.56.